The van der Waals surface area contributed by atoms with E-state index in [0.717, 1.165) is 30.6 Å². The Labute approximate surface area is 140 Å². The smallest absolute Gasteiger partial charge is 0.338 e. The van der Waals surface area contributed by atoms with E-state index < -0.39 is 0 Å². The van der Waals surface area contributed by atoms with Crippen LogP contribution in [0.15, 0.2) is 42.6 Å². The number of nitrogens with zero attached hydrogens (tertiary/aromatic N) is 1. The molecule has 0 saturated carbocycles. The zero-order valence-corrected chi connectivity index (χ0v) is 13.7. The third kappa shape index (κ3) is 3.54. The van der Waals surface area contributed by atoms with Gasteiger partial charge in [0.15, 0.2) is 0 Å². The largest absolute Gasteiger partial charge is 0.465 e. The van der Waals surface area contributed by atoms with Gasteiger partial charge in [0.1, 0.15) is 0 Å². The van der Waals surface area contributed by atoms with Gasteiger partial charge in [-0.1, -0.05) is 29.8 Å². The lowest BCUT2D eigenvalue weighted by Crippen LogP contribution is -2.32. The topological polar surface area (TPSA) is 51.2 Å². The number of aromatic nitrogens is 1. The first-order chi connectivity index (χ1) is 11.2. The lowest BCUT2D eigenvalue weighted by atomic mass is 9.85. The SMILES string of the molecule is COC(=O)c1ccccc1C1CC(c2ccc(Cl)cn2)CCN1. The molecule has 4 nitrogen and oxygen atoms in total. The summed E-state index contributed by atoms with van der Waals surface area (Å²) in [5.41, 5.74) is 2.66. The van der Waals surface area contributed by atoms with Gasteiger partial charge in [0.05, 0.1) is 17.7 Å². The minimum atomic E-state index is -0.297. The van der Waals surface area contributed by atoms with Crippen molar-refractivity contribution in [2.24, 2.45) is 0 Å². The maximum Gasteiger partial charge on any atom is 0.338 e. The summed E-state index contributed by atoms with van der Waals surface area (Å²) < 4.78 is 4.90. The van der Waals surface area contributed by atoms with Crippen molar-refractivity contribution in [3.63, 3.8) is 0 Å². The van der Waals surface area contributed by atoms with Crippen molar-refractivity contribution < 1.29 is 9.53 Å². The van der Waals surface area contributed by atoms with E-state index in [1.807, 2.05) is 36.4 Å². The van der Waals surface area contributed by atoms with Crippen molar-refractivity contribution in [1.29, 1.82) is 0 Å². The molecule has 0 radical (unpaired) electrons. The number of ether oxygens (including phenoxy) is 1. The van der Waals surface area contributed by atoms with Crippen LogP contribution in [-0.4, -0.2) is 24.6 Å². The van der Waals surface area contributed by atoms with E-state index in [-0.39, 0.29) is 12.0 Å². The number of carbonyl (C=O) groups excluding carboxylic acids is 1. The van der Waals surface area contributed by atoms with Crippen molar-refractivity contribution in [3.05, 3.63) is 64.4 Å². The number of halogens is 1. The minimum Gasteiger partial charge on any atom is -0.465 e. The van der Waals surface area contributed by atoms with Crippen molar-refractivity contribution >= 4 is 17.6 Å². The molecule has 1 saturated heterocycles. The Bertz CT molecular complexity index is 688. The average molecular weight is 331 g/mol. The molecule has 0 amide bonds. The van der Waals surface area contributed by atoms with Gasteiger partial charge in [-0.25, -0.2) is 4.79 Å². The van der Waals surface area contributed by atoms with Gasteiger partial charge in [0.25, 0.3) is 0 Å². The molecule has 1 fully saturated rings. The molecular formula is C18H19ClN2O2. The number of piperidine rings is 1. The average Bonchev–Trinajstić information content (AvgIpc) is 2.62. The minimum absolute atomic E-state index is 0.113. The zero-order chi connectivity index (χ0) is 16.2. The molecule has 0 aliphatic carbocycles. The van der Waals surface area contributed by atoms with Crippen molar-refractivity contribution in [1.82, 2.24) is 10.3 Å². The predicted octanol–water partition coefficient (Wildman–Crippen LogP) is 3.73. The number of esters is 1. The maximum absolute atomic E-state index is 12.0. The Morgan fingerprint density at radius 2 is 2.13 bits per heavy atom. The first kappa shape index (κ1) is 16.0. The molecule has 1 aromatic carbocycles. The van der Waals surface area contributed by atoms with E-state index >= 15 is 0 Å². The number of rotatable bonds is 3. The Morgan fingerprint density at radius 3 is 2.87 bits per heavy atom. The monoisotopic (exact) mass is 330 g/mol. The molecule has 2 atom stereocenters. The lowest BCUT2D eigenvalue weighted by Gasteiger charge is -2.31. The zero-order valence-electron chi connectivity index (χ0n) is 13.0. The number of nitrogens with one attached hydrogen (secondary N) is 1. The fourth-order valence-electron chi connectivity index (χ4n) is 3.15. The van der Waals surface area contributed by atoms with Gasteiger partial charge in [-0.05, 0) is 43.1 Å². The summed E-state index contributed by atoms with van der Waals surface area (Å²) in [5.74, 6) is 0.0540. The predicted molar refractivity (Wildman–Crippen MR) is 89.7 cm³/mol. The highest BCUT2D eigenvalue weighted by atomic mass is 35.5. The maximum atomic E-state index is 12.0. The molecular weight excluding hydrogens is 312 g/mol. The van der Waals surface area contributed by atoms with Gasteiger partial charge in [-0.15, -0.1) is 0 Å². The molecule has 5 heteroatoms. The Kier molecular flexibility index (Phi) is 4.94. The summed E-state index contributed by atoms with van der Waals surface area (Å²) in [5, 5.41) is 4.15. The Morgan fingerprint density at radius 1 is 1.30 bits per heavy atom. The number of hydrogen-bond donors (Lipinski definition) is 1. The van der Waals surface area contributed by atoms with Crippen molar-refractivity contribution in [2.45, 2.75) is 24.8 Å². The molecule has 120 valence electrons. The molecule has 23 heavy (non-hydrogen) atoms. The second-order valence-corrected chi connectivity index (χ2v) is 6.14. The second kappa shape index (κ2) is 7.11. The highest BCUT2D eigenvalue weighted by Crippen LogP contribution is 2.34. The normalized spacial score (nSPS) is 21.0. The summed E-state index contributed by atoms with van der Waals surface area (Å²) in [6.07, 6.45) is 3.60. The Balaban J connectivity index is 1.84. The summed E-state index contributed by atoms with van der Waals surface area (Å²) >= 11 is 5.92. The molecule has 1 aliphatic rings. The van der Waals surface area contributed by atoms with Crippen LogP contribution < -0.4 is 5.32 Å². The van der Waals surface area contributed by atoms with Crippen LogP contribution in [0.4, 0.5) is 0 Å². The van der Waals surface area contributed by atoms with Gasteiger partial charge in [-0.3, -0.25) is 4.98 Å². The van der Waals surface area contributed by atoms with E-state index in [2.05, 4.69) is 10.3 Å². The van der Waals surface area contributed by atoms with Crippen molar-refractivity contribution in [2.75, 3.05) is 13.7 Å². The third-order valence-corrected chi connectivity index (χ3v) is 4.54. The van der Waals surface area contributed by atoms with Crippen LogP contribution in [0.25, 0.3) is 0 Å². The van der Waals surface area contributed by atoms with Crippen LogP contribution in [0.2, 0.25) is 5.02 Å². The lowest BCUT2D eigenvalue weighted by molar-refractivity contribution is 0.0598. The number of carbonyl (C=O) groups is 1. The quantitative estimate of drug-likeness (QED) is 0.871. The first-order valence-corrected chi connectivity index (χ1v) is 8.09. The van der Waals surface area contributed by atoms with E-state index in [9.17, 15) is 4.79 Å². The van der Waals surface area contributed by atoms with Gasteiger partial charge < -0.3 is 10.1 Å². The van der Waals surface area contributed by atoms with E-state index in [1.165, 1.54) is 7.11 Å². The summed E-state index contributed by atoms with van der Waals surface area (Å²) in [4.78, 5) is 16.4. The van der Waals surface area contributed by atoms with Crippen LogP contribution >= 0.6 is 11.6 Å². The van der Waals surface area contributed by atoms with Crippen LogP contribution in [0.5, 0.6) is 0 Å². The fourth-order valence-corrected chi connectivity index (χ4v) is 3.26. The third-order valence-electron chi connectivity index (χ3n) is 4.31. The molecule has 2 heterocycles. The van der Waals surface area contributed by atoms with E-state index in [1.54, 1.807) is 6.20 Å². The molecule has 1 aliphatic heterocycles. The van der Waals surface area contributed by atoms with Gasteiger partial charge in [-0.2, -0.15) is 0 Å². The van der Waals surface area contributed by atoms with Gasteiger partial charge in [0.2, 0.25) is 0 Å². The van der Waals surface area contributed by atoms with Gasteiger partial charge >= 0.3 is 5.97 Å². The van der Waals surface area contributed by atoms with Crippen LogP contribution in [0.1, 0.15) is 46.4 Å². The number of pyridine rings is 1. The summed E-state index contributed by atoms with van der Waals surface area (Å²) in [7, 11) is 1.41. The summed E-state index contributed by atoms with van der Waals surface area (Å²) in [6, 6.07) is 11.6. The van der Waals surface area contributed by atoms with Crippen molar-refractivity contribution in [3.8, 4) is 0 Å². The van der Waals surface area contributed by atoms with Gasteiger partial charge in [0, 0.05) is 23.9 Å². The molecule has 2 unspecified atom stereocenters. The highest BCUT2D eigenvalue weighted by molar-refractivity contribution is 6.30. The number of methoxy groups -OCH3 is 1. The molecule has 1 N–H and O–H groups in total. The molecule has 0 spiro atoms. The van der Waals surface area contributed by atoms with Crippen LogP contribution in [0, 0.1) is 0 Å². The Hall–Kier alpha value is -1.91. The molecule has 0 bridgehead atoms. The van der Waals surface area contributed by atoms with E-state index in [0.29, 0.717) is 16.5 Å². The first-order valence-electron chi connectivity index (χ1n) is 7.71. The highest BCUT2D eigenvalue weighted by Gasteiger charge is 2.27. The molecule has 2 aromatic rings. The molecule has 1 aromatic heterocycles. The second-order valence-electron chi connectivity index (χ2n) is 5.71. The van der Waals surface area contributed by atoms with Crippen LogP contribution in [0.3, 0.4) is 0 Å². The number of hydrogen-bond acceptors (Lipinski definition) is 4. The van der Waals surface area contributed by atoms with E-state index in [4.69, 9.17) is 16.3 Å². The standard InChI is InChI=1S/C18H19ClN2O2/c1-23-18(22)15-5-3-2-4-14(15)17-10-12(8-9-20-17)16-7-6-13(19)11-21-16/h2-7,11-12,17,20H,8-10H2,1H3. The van der Waals surface area contributed by atoms with Crippen LogP contribution in [-0.2, 0) is 4.74 Å². The molecule has 3 rings (SSSR count). The summed E-state index contributed by atoms with van der Waals surface area (Å²) in [6.45, 7) is 0.884. The fraction of sp³-hybridized carbons (Fsp3) is 0.333. The number of benzene rings is 1.